The van der Waals surface area contributed by atoms with E-state index in [9.17, 15) is 9.90 Å². The third-order valence-corrected chi connectivity index (χ3v) is 2.89. The second-order valence-electron chi connectivity index (χ2n) is 4.49. The van der Waals surface area contributed by atoms with E-state index < -0.39 is 0 Å². The topological polar surface area (TPSA) is 46.5 Å². The molecule has 0 unspecified atom stereocenters. The maximum atomic E-state index is 11.3. The third kappa shape index (κ3) is 3.35. The highest BCUT2D eigenvalue weighted by Gasteiger charge is 2.05. The molecular formula is C16H16O3. The van der Waals surface area contributed by atoms with Gasteiger partial charge in [-0.1, -0.05) is 12.1 Å². The molecule has 2 aromatic carbocycles. The summed E-state index contributed by atoms with van der Waals surface area (Å²) in [6, 6.07) is 12.3. The van der Waals surface area contributed by atoms with E-state index >= 15 is 0 Å². The highest BCUT2D eigenvalue weighted by atomic mass is 16.5. The lowest BCUT2D eigenvalue weighted by atomic mass is 10.1. The lowest BCUT2D eigenvalue weighted by molar-refractivity contribution is 0.101. The van der Waals surface area contributed by atoms with Crippen molar-refractivity contribution < 1.29 is 14.6 Å². The van der Waals surface area contributed by atoms with E-state index in [0.717, 1.165) is 11.1 Å². The summed E-state index contributed by atoms with van der Waals surface area (Å²) >= 11 is 0. The minimum absolute atomic E-state index is 0.0528. The average molecular weight is 256 g/mol. The summed E-state index contributed by atoms with van der Waals surface area (Å²) in [7, 11) is 0. The van der Waals surface area contributed by atoms with Crippen LogP contribution in [-0.2, 0) is 6.61 Å². The van der Waals surface area contributed by atoms with Gasteiger partial charge in [0, 0.05) is 5.56 Å². The predicted octanol–water partition coefficient (Wildman–Crippen LogP) is 3.48. The van der Waals surface area contributed by atoms with Crippen LogP contribution in [0.25, 0.3) is 0 Å². The maximum absolute atomic E-state index is 11.3. The van der Waals surface area contributed by atoms with Gasteiger partial charge in [0.15, 0.2) is 5.78 Å². The predicted molar refractivity (Wildman–Crippen MR) is 73.6 cm³/mol. The number of rotatable bonds is 4. The summed E-state index contributed by atoms with van der Waals surface area (Å²) in [4.78, 5) is 11.3. The minimum atomic E-state index is 0.0528. The number of carbonyl (C=O) groups is 1. The van der Waals surface area contributed by atoms with Crippen LogP contribution >= 0.6 is 0 Å². The number of hydrogen-bond acceptors (Lipinski definition) is 3. The van der Waals surface area contributed by atoms with Gasteiger partial charge in [-0.3, -0.25) is 4.79 Å². The summed E-state index contributed by atoms with van der Waals surface area (Å²) < 4.78 is 5.64. The Hall–Kier alpha value is -2.29. The number of ketones is 1. The number of benzene rings is 2. The van der Waals surface area contributed by atoms with Crippen molar-refractivity contribution in [1.82, 2.24) is 0 Å². The van der Waals surface area contributed by atoms with Crippen LogP contribution in [0.4, 0.5) is 0 Å². The van der Waals surface area contributed by atoms with Crippen LogP contribution < -0.4 is 4.74 Å². The standard InChI is InChI=1S/C16H16O3/c1-11-8-15(6-7-16(11)12(2)17)19-10-13-4-3-5-14(18)9-13/h3-9,18H,10H2,1-2H3. The SMILES string of the molecule is CC(=O)c1ccc(OCc2cccc(O)c2)cc1C. The van der Waals surface area contributed by atoms with Gasteiger partial charge in [-0.05, 0) is 55.3 Å². The van der Waals surface area contributed by atoms with E-state index in [4.69, 9.17) is 4.74 Å². The van der Waals surface area contributed by atoms with Crippen LogP contribution in [0, 0.1) is 6.92 Å². The average Bonchev–Trinajstić information content (AvgIpc) is 2.36. The number of ether oxygens (including phenoxy) is 1. The fourth-order valence-corrected chi connectivity index (χ4v) is 1.93. The minimum Gasteiger partial charge on any atom is -0.508 e. The molecule has 0 bridgehead atoms. The molecule has 0 saturated carbocycles. The molecule has 0 spiro atoms. The van der Waals surface area contributed by atoms with Crippen LogP contribution in [0.3, 0.4) is 0 Å². The summed E-state index contributed by atoms with van der Waals surface area (Å²) in [5.41, 5.74) is 2.51. The van der Waals surface area contributed by atoms with Gasteiger partial charge in [-0.15, -0.1) is 0 Å². The number of hydrogen-bond donors (Lipinski definition) is 1. The van der Waals surface area contributed by atoms with Gasteiger partial charge in [0.25, 0.3) is 0 Å². The molecule has 0 saturated heterocycles. The fraction of sp³-hybridized carbons (Fsp3) is 0.188. The van der Waals surface area contributed by atoms with Crippen molar-refractivity contribution in [2.45, 2.75) is 20.5 Å². The molecule has 2 aromatic rings. The van der Waals surface area contributed by atoms with Crippen LogP contribution in [0.1, 0.15) is 28.4 Å². The second-order valence-corrected chi connectivity index (χ2v) is 4.49. The van der Waals surface area contributed by atoms with E-state index in [1.54, 1.807) is 37.3 Å². The first-order valence-corrected chi connectivity index (χ1v) is 6.08. The zero-order valence-corrected chi connectivity index (χ0v) is 11.0. The normalized spacial score (nSPS) is 10.2. The van der Waals surface area contributed by atoms with Crippen molar-refractivity contribution >= 4 is 5.78 Å². The van der Waals surface area contributed by atoms with Gasteiger partial charge in [-0.2, -0.15) is 0 Å². The molecular weight excluding hydrogens is 240 g/mol. The molecule has 0 amide bonds. The van der Waals surface area contributed by atoms with Gasteiger partial charge in [0.05, 0.1) is 0 Å². The lowest BCUT2D eigenvalue weighted by Gasteiger charge is -2.09. The molecule has 0 aliphatic heterocycles. The second kappa shape index (κ2) is 5.57. The van der Waals surface area contributed by atoms with E-state index in [1.165, 1.54) is 0 Å². The zero-order valence-electron chi connectivity index (χ0n) is 11.0. The summed E-state index contributed by atoms with van der Waals surface area (Å²) in [6.45, 7) is 3.82. The van der Waals surface area contributed by atoms with Crippen LogP contribution in [-0.4, -0.2) is 10.9 Å². The Morgan fingerprint density at radius 2 is 2.00 bits per heavy atom. The Balaban J connectivity index is 2.08. The Kier molecular flexibility index (Phi) is 3.85. The molecule has 0 aromatic heterocycles. The molecule has 0 fully saturated rings. The van der Waals surface area contributed by atoms with Crippen molar-refractivity contribution in [3.8, 4) is 11.5 Å². The molecule has 2 rings (SSSR count). The summed E-state index contributed by atoms with van der Waals surface area (Å²) in [5.74, 6) is 0.993. The fourth-order valence-electron chi connectivity index (χ4n) is 1.93. The van der Waals surface area contributed by atoms with Gasteiger partial charge in [0.1, 0.15) is 18.1 Å². The highest BCUT2D eigenvalue weighted by molar-refractivity contribution is 5.95. The largest absolute Gasteiger partial charge is 0.508 e. The van der Waals surface area contributed by atoms with E-state index in [0.29, 0.717) is 17.9 Å². The zero-order chi connectivity index (χ0) is 13.8. The van der Waals surface area contributed by atoms with Crippen molar-refractivity contribution in [2.75, 3.05) is 0 Å². The first kappa shape index (κ1) is 13.1. The van der Waals surface area contributed by atoms with Crippen LogP contribution in [0.5, 0.6) is 11.5 Å². The quantitative estimate of drug-likeness (QED) is 0.852. The Bertz CT molecular complexity index is 603. The lowest BCUT2D eigenvalue weighted by Crippen LogP contribution is -1.99. The number of carbonyl (C=O) groups excluding carboxylic acids is 1. The van der Waals surface area contributed by atoms with Crippen molar-refractivity contribution in [3.63, 3.8) is 0 Å². The van der Waals surface area contributed by atoms with Crippen LogP contribution in [0.15, 0.2) is 42.5 Å². The van der Waals surface area contributed by atoms with Gasteiger partial charge >= 0.3 is 0 Å². The molecule has 0 heterocycles. The Labute approximate surface area is 112 Å². The van der Waals surface area contributed by atoms with E-state index in [-0.39, 0.29) is 11.5 Å². The molecule has 98 valence electrons. The molecule has 3 heteroatoms. The van der Waals surface area contributed by atoms with Crippen molar-refractivity contribution in [1.29, 1.82) is 0 Å². The van der Waals surface area contributed by atoms with E-state index in [1.807, 2.05) is 19.1 Å². The first-order chi connectivity index (χ1) is 9.06. The molecule has 0 atom stereocenters. The van der Waals surface area contributed by atoms with Crippen molar-refractivity contribution in [3.05, 3.63) is 59.2 Å². The Morgan fingerprint density at radius 1 is 1.21 bits per heavy atom. The number of aryl methyl sites for hydroxylation is 1. The van der Waals surface area contributed by atoms with Crippen molar-refractivity contribution in [2.24, 2.45) is 0 Å². The number of Topliss-reactive ketones (excluding diaryl/α,β-unsaturated/α-hetero) is 1. The number of aromatic hydroxyl groups is 1. The molecule has 19 heavy (non-hydrogen) atoms. The molecule has 0 radical (unpaired) electrons. The molecule has 0 aliphatic carbocycles. The van der Waals surface area contributed by atoms with Gasteiger partial charge < -0.3 is 9.84 Å². The maximum Gasteiger partial charge on any atom is 0.160 e. The monoisotopic (exact) mass is 256 g/mol. The molecule has 3 nitrogen and oxygen atoms in total. The highest BCUT2D eigenvalue weighted by Crippen LogP contribution is 2.19. The summed E-state index contributed by atoms with van der Waals surface area (Å²) in [5, 5.41) is 9.36. The van der Waals surface area contributed by atoms with Gasteiger partial charge in [-0.25, -0.2) is 0 Å². The molecule has 1 N–H and O–H groups in total. The van der Waals surface area contributed by atoms with Gasteiger partial charge in [0.2, 0.25) is 0 Å². The Morgan fingerprint density at radius 3 is 2.63 bits per heavy atom. The van der Waals surface area contributed by atoms with E-state index in [2.05, 4.69) is 0 Å². The first-order valence-electron chi connectivity index (χ1n) is 6.08. The number of phenols is 1. The summed E-state index contributed by atoms with van der Waals surface area (Å²) in [6.07, 6.45) is 0. The molecule has 0 aliphatic rings. The number of phenolic OH excluding ortho intramolecular Hbond substituents is 1. The smallest absolute Gasteiger partial charge is 0.160 e. The van der Waals surface area contributed by atoms with Crippen LogP contribution in [0.2, 0.25) is 0 Å². The third-order valence-electron chi connectivity index (χ3n) is 2.89.